The minimum absolute atomic E-state index is 0.150. The van der Waals surface area contributed by atoms with Crippen molar-refractivity contribution in [2.75, 3.05) is 6.61 Å². The molecule has 1 aliphatic rings. The molecule has 1 aliphatic heterocycles. The van der Waals surface area contributed by atoms with E-state index in [-0.39, 0.29) is 12.0 Å². The molecule has 0 bridgehead atoms. The molecule has 88 valence electrons. The van der Waals surface area contributed by atoms with Gasteiger partial charge in [0.25, 0.3) is 0 Å². The molecule has 6 heteroatoms. The van der Waals surface area contributed by atoms with Gasteiger partial charge in [-0.2, -0.15) is 0 Å². The van der Waals surface area contributed by atoms with Crippen LogP contribution >= 0.6 is 0 Å². The third-order valence-electron chi connectivity index (χ3n) is 2.63. The van der Waals surface area contributed by atoms with Gasteiger partial charge in [0.1, 0.15) is 18.3 Å². The lowest BCUT2D eigenvalue weighted by Gasteiger charge is -2.17. The lowest BCUT2D eigenvalue weighted by Crippen LogP contribution is -2.33. The molecule has 0 aliphatic carbocycles. The number of hydrogen-bond acceptors (Lipinski definition) is 5. The van der Waals surface area contributed by atoms with Crippen molar-refractivity contribution in [3.05, 3.63) is 34.7 Å². The van der Waals surface area contributed by atoms with Crippen molar-refractivity contribution >= 4 is 0 Å². The lowest BCUT2D eigenvalue weighted by molar-refractivity contribution is -0.0530. The highest BCUT2D eigenvalue weighted by Gasteiger charge is 2.42. The van der Waals surface area contributed by atoms with Crippen LogP contribution in [0.3, 0.4) is 0 Å². The average Bonchev–Trinajstić information content (AvgIpc) is 2.57. The maximum Gasteiger partial charge on any atom is 0.181 e. The van der Waals surface area contributed by atoms with Crippen LogP contribution in [0.15, 0.2) is 29.3 Å². The lowest BCUT2D eigenvalue weighted by atomic mass is 10.1. The smallest absolute Gasteiger partial charge is 0.181 e. The summed E-state index contributed by atoms with van der Waals surface area (Å²) in [5.74, 6) is 0. The SMILES string of the molecule is O=c1ccn([C@@H]2O[C@H](CO)[C@@H](O)[C@H]2O)cc1. The Bertz CT molecular complexity index is 397. The van der Waals surface area contributed by atoms with Gasteiger partial charge in [-0.05, 0) is 0 Å². The number of pyridine rings is 1. The molecule has 16 heavy (non-hydrogen) atoms. The van der Waals surface area contributed by atoms with Gasteiger partial charge in [0, 0.05) is 24.5 Å². The average molecular weight is 227 g/mol. The Labute approximate surface area is 91.3 Å². The Kier molecular flexibility index (Phi) is 3.06. The molecule has 1 aromatic heterocycles. The van der Waals surface area contributed by atoms with Crippen LogP contribution in [0.25, 0.3) is 0 Å². The zero-order valence-corrected chi connectivity index (χ0v) is 8.43. The Morgan fingerprint density at radius 1 is 1.25 bits per heavy atom. The molecule has 0 unspecified atom stereocenters. The van der Waals surface area contributed by atoms with Gasteiger partial charge in [-0.25, -0.2) is 0 Å². The number of nitrogens with zero attached hydrogens (tertiary/aromatic N) is 1. The van der Waals surface area contributed by atoms with E-state index in [0.29, 0.717) is 0 Å². The third-order valence-corrected chi connectivity index (χ3v) is 2.63. The van der Waals surface area contributed by atoms with Crippen LogP contribution in [0.4, 0.5) is 0 Å². The highest BCUT2D eigenvalue weighted by molar-refractivity contribution is 4.98. The molecule has 1 aromatic rings. The van der Waals surface area contributed by atoms with Gasteiger partial charge in [-0.15, -0.1) is 0 Å². The Morgan fingerprint density at radius 2 is 1.88 bits per heavy atom. The van der Waals surface area contributed by atoms with E-state index in [4.69, 9.17) is 9.84 Å². The first-order valence-electron chi connectivity index (χ1n) is 4.94. The summed E-state index contributed by atoms with van der Waals surface area (Å²) in [4.78, 5) is 10.9. The molecule has 4 atom stereocenters. The van der Waals surface area contributed by atoms with Crippen molar-refractivity contribution in [1.82, 2.24) is 4.57 Å². The van der Waals surface area contributed by atoms with Gasteiger partial charge in [-0.1, -0.05) is 0 Å². The second-order valence-electron chi connectivity index (χ2n) is 3.71. The first kappa shape index (κ1) is 11.3. The minimum Gasteiger partial charge on any atom is -0.394 e. The number of aliphatic hydroxyl groups is 3. The maximum atomic E-state index is 10.9. The first-order valence-corrected chi connectivity index (χ1v) is 4.94. The highest BCUT2D eigenvalue weighted by atomic mass is 16.6. The summed E-state index contributed by atoms with van der Waals surface area (Å²) in [6.45, 7) is -0.366. The van der Waals surface area contributed by atoms with E-state index in [9.17, 15) is 15.0 Å². The second kappa shape index (κ2) is 4.34. The van der Waals surface area contributed by atoms with E-state index in [1.165, 1.54) is 29.1 Å². The number of ether oxygens (including phenoxy) is 1. The fourth-order valence-electron chi connectivity index (χ4n) is 1.72. The molecule has 0 spiro atoms. The van der Waals surface area contributed by atoms with Crippen molar-refractivity contribution in [2.24, 2.45) is 0 Å². The summed E-state index contributed by atoms with van der Waals surface area (Å²) in [6, 6.07) is 2.66. The van der Waals surface area contributed by atoms with Crippen LogP contribution in [0, 0.1) is 0 Å². The Hall–Kier alpha value is -1.21. The van der Waals surface area contributed by atoms with Gasteiger partial charge in [0.2, 0.25) is 0 Å². The molecule has 0 amide bonds. The number of hydrogen-bond donors (Lipinski definition) is 3. The van der Waals surface area contributed by atoms with Crippen LogP contribution in [0.1, 0.15) is 6.23 Å². The summed E-state index contributed by atoms with van der Waals surface area (Å²) >= 11 is 0. The highest BCUT2D eigenvalue weighted by Crippen LogP contribution is 2.28. The van der Waals surface area contributed by atoms with Crippen molar-refractivity contribution in [3.8, 4) is 0 Å². The van der Waals surface area contributed by atoms with Gasteiger partial charge < -0.3 is 24.6 Å². The fourth-order valence-corrected chi connectivity index (χ4v) is 1.72. The quantitative estimate of drug-likeness (QED) is 0.569. The standard InChI is InChI=1S/C10H13NO5/c12-5-7-8(14)9(15)10(16-7)11-3-1-6(13)2-4-11/h1-4,7-10,12,14-15H,5H2/t7-,8-,9-,10-/m1/s1. The van der Waals surface area contributed by atoms with E-state index in [1.54, 1.807) is 0 Å². The fraction of sp³-hybridized carbons (Fsp3) is 0.500. The summed E-state index contributed by atoms with van der Waals surface area (Å²) in [5, 5.41) is 28.1. The molecule has 0 saturated carbocycles. The van der Waals surface area contributed by atoms with Gasteiger partial charge >= 0.3 is 0 Å². The van der Waals surface area contributed by atoms with Gasteiger partial charge in [0.15, 0.2) is 11.7 Å². The number of aromatic nitrogens is 1. The summed E-state index contributed by atoms with van der Waals surface area (Å²) in [7, 11) is 0. The van der Waals surface area contributed by atoms with Crippen molar-refractivity contribution < 1.29 is 20.1 Å². The molecular formula is C10H13NO5. The molecular weight excluding hydrogens is 214 g/mol. The molecule has 0 radical (unpaired) electrons. The summed E-state index contributed by atoms with van der Waals surface area (Å²) < 4.78 is 6.75. The second-order valence-corrected chi connectivity index (χ2v) is 3.71. The van der Waals surface area contributed by atoms with Gasteiger partial charge in [0.05, 0.1) is 6.61 Å². The van der Waals surface area contributed by atoms with Crippen molar-refractivity contribution in [2.45, 2.75) is 24.5 Å². The number of rotatable bonds is 2. The topological polar surface area (TPSA) is 91.9 Å². The zero-order chi connectivity index (χ0) is 11.7. The predicted molar refractivity (Wildman–Crippen MR) is 53.7 cm³/mol. The maximum absolute atomic E-state index is 10.9. The molecule has 0 aromatic carbocycles. The normalized spacial score (nSPS) is 34.2. The molecule has 6 nitrogen and oxygen atoms in total. The third kappa shape index (κ3) is 1.88. The van der Waals surface area contributed by atoms with Crippen LogP contribution in [-0.4, -0.2) is 44.8 Å². The largest absolute Gasteiger partial charge is 0.394 e. The molecule has 1 saturated heterocycles. The van der Waals surface area contributed by atoms with Crippen LogP contribution in [0.5, 0.6) is 0 Å². The van der Waals surface area contributed by atoms with Crippen molar-refractivity contribution in [3.63, 3.8) is 0 Å². The van der Waals surface area contributed by atoms with E-state index in [0.717, 1.165) is 0 Å². The van der Waals surface area contributed by atoms with Crippen LogP contribution < -0.4 is 5.43 Å². The van der Waals surface area contributed by atoms with Crippen molar-refractivity contribution in [1.29, 1.82) is 0 Å². The number of aliphatic hydroxyl groups excluding tert-OH is 3. The Morgan fingerprint density at radius 3 is 2.38 bits per heavy atom. The van der Waals surface area contributed by atoms with E-state index in [2.05, 4.69) is 0 Å². The van der Waals surface area contributed by atoms with E-state index >= 15 is 0 Å². The van der Waals surface area contributed by atoms with Crippen LogP contribution in [0.2, 0.25) is 0 Å². The van der Waals surface area contributed by atoms with Gasteiger partial charge in [-0.3, -0.25) is 4.79 Å². The molecule has 3 N–H and O–H groups in total. The van der Waals surface area contributed by atoms with E-state index < -0.39 is 24.5 Å². The Balaban J connectivity index is 2.22. The molecule has 1 fully saturated rings. The zero-order valence-electron chi connectivity index (χ0n) is 8.43. The molecule has 2 rings (SSSR count). The predicted octanol–water partition coefficient (Wildman–Crippen LogP) is -1.54. The first-order chi connectivity index (χ1) is 7.63. The molecule has 2 heterocycles. The van der Waals surface area contributed by atoms with E-state index in [1.807, 2.05) is 0 Å². The minimum atomic E-state index is -1.13. The monoisotopic (exact) mass is 227 g/mol. The summed E-state index contributed by atoms with van der Waals surface area (Å²) in [5.41, 5.74) is -0.150. The summed E-state index contributed by atoms with van der Waals surface area (Å²) in [6.07, 6.45) is -0.924. The van der Waals surface area contributed by atoms with Crippen LogP contribution in [-0.2, 0) is 4.74 Å².